The van der Waals surface area contributed by atoms with Crippen LogP contribution in [0.3, 0.4) is 0 Å². The van der Waals surface area contributed by atoms with Crippen molar-refractivity contribution < 1.29 is 24.9 Å². The monoisotopic (exact) mass is 274 g/mol. The molecule has 1 aliphatic carbocycles. The minimum absolute atomic E-state index is 0.0363. The Hall–Kier alpha value is -1.18. The van der Waals surface area contributed by atoms with Gasteiger partial charge in [0.05, 0.1) is 19.8 Å². The van der Waals surface area contributed by atoms with E-state index >= 15 is 0 Å². The largest absolute Gasteiger partial charge is 0.394 e. The Morgan fingerprint density at radius 1 is 1.21 bits per heavy atom. The molecule has 7 heteroatoms. The van der Waals surface area contributed by atoms with E-state index in [0.717, 1.165) is 6.42 Å². The minimum atomic E-state index is -1.41. The number of aliphatic hydroxyl groups is 3. The molecule has 1 rings (SSSR count). The van der Waals surface area contributed by atoms with Crippen LogP contribution in [-0.2, 0) is 9.59 Å². The summed E-state index contributed by atoms with van der Waals surface area (Å²) >= 11 is 0. The molecule has 2 unspecified atom stereocenters. The SMILES string of the molecule is CC1CC1C(=O)NCCC(=O)NC(CO)(CO)CO. The van der Waals surface area contributed by atoms with Crippen molar-refractivity contribution in [3.63, 3.8) is 0 Å². The van der Waals surface area contributed by atoms with Gasteiger partial charge in [-0.05, 0) is 12.3 Å². The van der Waals surface area contributed by atoms with Crippen LogP contribution < -0.4 is 10.6 Å². The molecule has 1 saturated carbocycles. The van der Waals surface area contributed by atoms with Crippen molar-refractivity contribution >= 4 is 11.8 Å². The molecule has 0 aromatic heterocycles. The zero-order valence-electron chi connectivity index (χ0n) is 11.1. The lowest BCUT2D eigenvalue weighted by atomic mass is 10.0. The molecule has 0 spiro atoms. The molecular formula is C12H22N2O5. The number of carbonyl (C=O) groups excluding carboxylic acids is 2. The third kappa shape index (κ3) is 4.45. The van der Waals surface area contributed by atoms with E-state index in [2.05, 4.69) is 10.6 Å². The Morgan fingerprint density at radius 3 is 2.16 bits per heavy atom. The highest BCUT2D eigenvalue weighted by Crippen LogP contribution is 2.37. The van der Waals surface area contributed by atoms with E-state index in [1.807, 2.05) is 6.92 Å². The predicted octanol–water partition coefficient (Wildman–Crippen LogP) is -2.02. The van der Waals surface area contributed by atoms with E-state index in [1.165, 1.54) is 0 Å². The lowest BCUT2D eigenvalue weighted by molar-refractivity contribution is -0.125. The molecule has 0 aliphatic heterocycles. The summed E-state index contributed by atoms with van der Waals surface area (Å²) in [5.74, 6) is -0.00606. The number of hydrogen-bond acceptors (Lipinski definition) is 5. The second kappa shape index (κ2) is 6.83. The maximum Gasteiger partial charge on any atom is 0.223 e. The maximum atomic E-state index is 11.6. The summed E-state index contributed by atoms with van der Waals surface area (Å²) in [6.07, 6.45) is 0.926. The smallest absolute Gasteiger partial charge is 0.223 e. The van der Waals surface area contributed by atoms with Gasteiger partial charge in [0, 0.05) is 18.9 Å². The van der Waals surface area contributed by atoms with Crippen LogP contribution in [0.25, 0.3) is 0 Å². The maximum absolute atomic E-state index is 11.6. The number of nitrogens with one attached hydrogen (secondary N) is 2. The highest BCUT2D eigenvalue weighted by Gasteiger charge is 2.38. The van der Waals surface area contributed by atoms with Crippen LogP contribution in [0.5, 0.6) is 0 Å². The third-order valence-electron chi connectivity index (χ3n) is 3.41. The highest BCUT2D eigenvalue weighted by molar-refractivity contribution is 5.82. The summed E-state index contributed by atoms with van der Waals surface area (Å²) in [6, 6.07) is 0. The quantitative estimate of drug-likeness (QED) is 0.350. The van der Waals surface area contributed by atoms with Gasteiger partial charge in [-0.3, -0.25) is 9.59 Å². The predicted molar refractivity (Wildman–Crippen MR) is 67.0 cm³/mol. The number of hydrogen-bond donors (Lipinski definition) is 5. The van der Waals surface area contributed by atoms with Crippen LogP contribution in [-0.4, -0.2) is 59.0 Å². The molecule has 0 bridgehead atoms. The van der Waals surface area contributed by atoms with E-state index in [4.69, 9.17) is 15.3 Å². The first-order chi connectivity index (χ1) is 8.98. The summed E-state index contributed by atoms with van der Waals surface area (Å²) in [5, 5.41) is 32.2. The molecule has 5 N–H and O–H groups in total. The van der Waals surface area contributed by atoms with Gasteiger partial charge in [0.1, 0.15) is 5.54 Å². The summed E-state index contributed by atoms with van der Waals surface area (Å²) in [6.45, 7) is 0.522. The van der Waals surface area contributed by atoms with Gasteiger partial charge in [0.25, 0.3) is 0 Å². The van der Waals surface area contributed by atoms with Crippen molar-refractivity contribution in [1.82, 2.24) is 10.6 Å². The first kappa shape index (κ1) is 15.9. The van der Waals surface area contributed by atoms with E-state index in [9.17, 15) is 9.59 Å². The van der Waals surface area contributed by atoms with Crippen LogP contribution in [0.15, 0.2) is 0 Å². The summed E-state index contributed by atoms with van der Waals surface area (Å²) in [5.41, 5.74) is -1.41. The van der Waals surface area contributed by atoms with Gasteiger partial charge in [0.15, 0.2) is 0 Å². The molecule has 0 heterocycles. The second-order valence-corrected chi connectivity index (χ2v) is 5.16. The molecule has 0 radical (unpaired) electrons. The molecule has 0 aromatic rings. The fourth-order valence-electron chi connectivity index (χ4n) is 1.74. The zero-order chi connectivity index (χ0) is 14.5. The van der Waals surface area contributed by atoms with Crippen LogP contribution in [0.2, 0.25) is 0 Å². The normalized spacial score (nSPS) is 21.9. The third-order valence-corrected chi connectivity index (χ3v) is 3.41. The first-order valence-electron chi connectivity index (χ1n) is 6.39. The van der Waals surface area contributed by atoms with Crippen molar-refractivity contribution in [2.45, 2.75) is 25.3 Å². The Bertz CT molecular complexity index is 322. The van der Waals surface area contributed by atoms with Gasteiger partial charge >= 0.3 is 0 Å². The van der Waals surface area contributed by atoms with Gasteiger partial charge in [0.2, 0.25) is 11.8 Å². The molecule has 1 aliphatic rings. The van der Waals surface area contributed by atoms with Gasteiger partial charge in [-0.25, -0.2) is 0 Å². The van der Waals surface area contributed by atoms with Crippen LogP contribution in [0, 0.1) is 11.8 Å². The lowest BCUT2D eigenvalue weighted by Gasteiger charge is -2.28. The number of carbonyl (C=O) groups is 2. The Balaban J connectivity index is 2.25. The average molecular weight is 274 g/mol. The van der Waals surface area contributed by atoms with E-state index in [0.29, 0.717) is 5.92 Å². The first-order valence-corrected chi connectivity index (χ1v) is 6.39. The van der Waals surface area contributed by atoms with Crippen molar-refractivity contribution in [3.8, 4) is 0 Å². The van der Waals surface area contributed by atoms with Crippen LogP contribution in [0.1, 0.15) is 19.8 Å². The molecule has 2 atom stereocenters. The standard InChI is InChI=1S/C12H22N2O5/c1-8-4-9(8)11(19)13-3-2-10(18)14-12(5-15,6-16)7-17/h8-9,15-17H,2-7H2,1H3,(H,13,19)(H,14,18). The zero-order valence-corrected chi connectivity index (χ0v) is 11.1. The van der Waals surface area contributed by atoms with Crippen molar-refractivity contribution in [1.29, 1.82) is 0 Å². The average Bonchev–Trinajstić information content (AvgIpc) is 3.13. The van der Waals surface area contributed by atoms with Crippen LogP contribution >= 0.6 is 0 Å². The number of aliphatic hydroxyl groups excluding tert-OH is 3. The molecule has 2 amide bonds. The van der Waals surface area contributed by atoms with Gasteiger partial charge < -0.3 is 26.0 Å². The Morgan fingerprint density at radius 2 is 1.74 bits per heavy atom. The molecule has 0 saturated heterocycles. The lowest BCUT2D eigenvalue weighted by Crippen LogP contribution is -2.57. The molecular weight excluding hydrogens is 252 g/mol. The molecule has 110 valence electrons. The van der Waals surface area contributed by atoms with E-state index < -0.39 is 31.3 Å². The summed E-state index contributed by atoms with van der Waals surface area (Å²) in [4.78, 5) is 23.1. The second-order valence-electron chi connectivity index (χ2n) is 5.16. The Kier molecular flexibility index (Phi) is 5.71. The topological polar surface area (TPSA) is 119 Å². The van der Waals surface area contributed by atoms with Crippen molar-refractivity contribution in [3.05, 3.63) is 0 Å². The van der Waals surface area contributed by atoms with Gasteiger partial charge in [-0.1, -0.05) is 6.92 Å². The van der Waals surface area contributed by atoms with E-state index in [1.54, 1.807) is 0 Å². The van der Waals surface area contributed by atoms with Crippen LogP contribution in [0.4, 0.5) is 0 Å². The fourth-order valence-corrected chi connectivity index (χ4v) is 1.74. The Labute approximate surface area is 112 Å². The van der Waals surface area contributed by atoms with Gasteiger partial charge in [-0.2, -0.15) is 0 Å². The van der Waals surface area contributed by atoms with E-state index in [-0.39, 0.29) is 24.8 Å². The molecule has 1 fully saturated rings. The fraction of sp³-hybridized carbons (Fsp3) is 0.833. The van der Waals surface area contributed by atoms with Crippen molar-refractivity contribution in [2.75, 3.05) is 26.4 Å². The minimum Gasteiger partial charge on any atom is -0.394 e. The number of rotatable bonds is 8. The summed E-state index contributed by atoms with van der Waals surface area (Å²) < 4.78 is 0. The summed E-state index contributed by atoms with van der Waals surface area (Å²) in [7, 11) is 0. The molecule has 7 nitrogen and oxygen atoms in total. The van der Waals surface area contributed by atoms with Gasteiger partial charge in [-0.15, -0.1) is 0 Å². The molecule has 19 heavy (non-hydrogen) atoms. The molecule has 0 aromatic carbocycles. The number of amides is 2. The van der Waals surface area contributed by atoms with Crippen molar-refractivity contribution in [2.24, 2.45) is 11.8 Å². The highest BCUT2D eigenvalue weighted by atomic mass is 16.3.